The van der Waals surface area contributed by atoms with Crippen LogP contribution in [-0.4, -0.2) is 23.1 Å². The van der Waals surface area contributed by atoms with Crippen LogP contribution in [0.1, 0.15) is 31.1 Å². The minimum atomic E-state index is -0.451. The summed E-state index contributed by atoms with van der Waals surface area (Å²) in [6, 6.07) is 9.36. The third-order valence-corrected chi connectivity index (χ3v) is 3.32. The molecule has 1 aromatic carbocycles. The Kier molecular flexibility index (Phi) is 2.84. The maximum atomic E-state index is 12.2. The molecule has 0 bridgehead atoms. The van der Waals surface area contributed by atoms with Crippen LogP contribution in [0.15, 0.2) is 36.4 Å². The molecule has 2 aromatic rings. The number of anilines is 1. The van der Waals surface area contributed by atoms with E-state index >= 15 is 0 Å². The number of nitrogens with zero attached hydrogens (tertiary/aromatic N) is 2. The lowest BCUT2D eigenvalue weighted by Gasteiger charge is -2.13. The molecule has 0 fully saturated rings. The number of rotatable bonds is 2. The number of imide groups is 1. The topological polar surface area (TPSA) is 67.3 Å². The third kappa shape index (κ3) is 1.71. The molecule has 2 heterocycles. The Morgan fingerprint density at radius 1 is 1.00 bits per heavy atom. The first-order chi connectivity index (χ1) is 9.63. The molecule has 0 saturated heterocycles. The van der Waals surface area contributed by atoms with Crippen molar-refractivity contribution >= 4 is 35.5 Å². The Hall–Kier alpha value is -2.53. The van der Waals surface area contributed by atoms with Gasteiger partial charge in [0, 0.05) is 0 Å². The Balaban J connectivity index is 2.09. The summed E-state index contributed by atoms with van der Waals surface area (Å²) >= 11 is 5.82. The maximum Gasteiger partial charge on any atom is 0.267 e. The molecule has 2 amide bonds. The summed E-state index contributed by atoms with van der Waals surface area (Å²) < 4.78 is 0. The molecule has 0 N–H and O–H groups in total. The molecule has 0 aliphatic carbocycles. The molecule has 98 valence electrons. The molecule has 0 spiro atoms. The number of benzene rings is 1. The first-order valence-corrected chi connectivity index (χ1v) is 6.11. The van der Waals surface area contributed by atoms with Crippen molar-refractivity contribution in [2.45, 2.75) is 0 Å². The Morgan fingerprint density at radius 2 is 1.60 bits per heavy atom. The average Bonchev–Trinajstić information content (AvgIpc) is 2.71. The van der Waals surface area contributed by atoms with Gasteiger partial charge in [0.15, 0.2) is 6.29 Å². The first kappa shape index (κ1) is 12.5. The number of aldehydes is 1. The SMILES string of the molecule is O=Cc1ccc(N2C(=O)c3ccccc3C2=O)nc1Cl. The lowest BCUT2D eigenvalue weighted by atomic mass is 10.1. The number of carbonyl (C=O) groups excluding carboxylic acids is 3. The molecule has 1 aliphatic heterocycles. The van der Waals surface area contributed by atoms with Crippen molar-refractivity contribution in [3.8, 4) is 0 Å². The molecule has 5 nitrogen and oxygen atoms in total. The number of hydrogen-bond donors (Lipinski definition) is 0. The van der Waals surface area contributed by atoms with E-state index in [4.69, 9.17) is 11.6 Å². The van der Waals surface area contributed by atoms with Crippen LogP contribution in [0.4, 0.5) is 5.82 Å². The van der Waals surface area contributed by atoms with Crippen LogP contribution in [-0.2, 0) is 0 Å². The summed E-state index contributed by atoms with van der Waals surface area (Å²) in [5.74, 6) is -0.798. The summed E-state index contributed by atoms with van der Waals surface area (Å²) in [6.45, 7) is 0. The van der Waals surface area contributed by atoms with Crippen molar-refractivity contribution in [2.24, 2.45) is 0 Å². The summed E-state index contributed by atoms with van der Waals surface area (Å²) in [4.78, 5) is 40.0. The van der Waals surface area contributed by atoms with E-state index in [1.54, 1.807) is 24.3 Å². The van der Waals surface area contributed by atoms with Gasteiger partial charge in [0.05, 0.1) is 16.7 Å². The van der Waals surface area contributed by atoms with Crippen molar-refractivity contribution in [2.75, 3.05) is 4.90 Å². The van der Waals surface area contributed by atoms with Gasteiger partial charge in [-0.2, -0.15) is 0 Å². The predicted octanol–water partition coefficient (Wildman–Crippen LogP) is 2.35. The second-order valence-electron chi connectivity index (χ2n) is 4.16. The molecular weight excluding hydrogens is 280 g/mol. The Morgan fingerprint density at radius 3 is 2.10 bits per heavy atom. The molecule has 20 heavy (non-hydrogen) atoms. The summed E-state index contributed by atoms with van der Waals surface area (Å²) in [6.07, 6.45) is 0.557. The molecule has 3 rings (SSSR count). The maximum absolute atomic E-state index is 12.2. The van der Waals surface area contributed by atoms with Crippen LogP contribution in [0, 0.1) is 0 Å². The van der Waals surface area contributed by atoms with Gasteiger partial charge < -0.3 is 0 Å². The fourth-order valence-corrected chi connectivity index (χ4v) is 2.24. The molecule has 1 aliphatic rings. The van der Waals surface area contributed by atoms with Crippen LogP contribution in [0.3, 0.4) is 0 Å². The quantitative estimate of drug-likeness (QED) is 0.483. The minimum Gasteiger partial charge on any atom is -0.298 e. The van der Waals surface area contributed by atoms with Gasteiger partial charge in [-0.25, -0.2) is 9.88 Å². The molecule has 0 unspecified atom stereocenters. The van der Waals surface area contributed by atoms with Crippen molar-refractivity contribution in [1.29, 1.82) is 0 Å². The van der Waals surface area contributed by atoms with E-state index in [2.05, 4.69) is 4.98 Å². The lowest BCUT2D eigenvalue weighted by molar-refractivity contribution is 0.0924. The zero-order valence-corrected chi connectivity index (χ0v) is 10.8. The molecule has 0 radical (unpaired) electrons. The first-order valence-electron chi connectivity index (χ1n) is 5.73. The van der Waals surface area contributed by atoms with E-state index in [-0.39, 0.29) is 16.5 Å². The van der Waals surface area contributed by atoms with Crippen LogP contribution in [0.2, 0.25) is 5.15 Å². The summed E-state index contributed by atoms with van der Waals surface area (Å²) in [5.41, 5.74) is 0.858. The zero-order chi connectivity index (χ0) is 14.3. The minimum absolute atomic E-state index is 0.0472. The van der Waals surface area contributed by atoms with Gasteiger partial charge in [-0.3, -0.25) is 14.4 Å². The molecular formula is C14H7ClN2O3. The van der Waals surface area contributed by atoms with E-state index in [1.807, 2.05) is 0 Å². The number of aromatic nitrogens is 1. The molecule has 0 saturated carbocycles. The van der Waals surface area contributed by atoms with Gasteiger partial charge in [-0.15, -0.1) is 0 Å². The van der Waals surface area contributed by atoms with Gasteiger partial charge in [0.25, 0.3) is 11.8 Å². The third-order valence-electron chi connectivity index (χ3n) is 3.01. The van der Waals surface area contributed by atoms with Crippen molar-refractivity contribution in [3.05, 3.63) is 58.2 Å². The number of pyridine rings is 1. The van der Waals surface area contributed by atoms with Gasteiger partial charge in [-0.05, 0) is 24.3 Å². The van der Waals surface area contributed by atoms with Crippen molar-refractivity contribution in [1.82, 2.24) is 4.98 Å². The fraction of sp³-hybridized carbons (Fsp3) is 0. The fourth-order valence-electron chi connectivity index (χ4n) is 2.05. The number of amides is 2. The molecule has 1 aromatic heterocycles. The Bertz CT molecular complexity index is 723. The Labute approximate surface area is 118 Å². The number of carbonyl (C=O) groups is 3. The second kappa shape index (κ2) is 4.54. The van der Waals surface area contributed by atoms with E-state index in [0.29, 0.717) is 17.4 Å². The highest BCUT2D eigenvalue weighted by molar-refractivity contribution is 6.35. The van der Waals surface area contributed by atoms with Crippen molar-refractivity contribution < 1.29 is 14.4 Å². The number of hydrogen-bond acceptors (Lipinski definition) is 4. The monoisotopic (exact) mass is 286 g/mol. The lowest BCUT2D eigenvalue weighted by Crippen LogP contribution is -2.30. The highest BCUT2D eigenvalue weighted by Crippen LogP contribution is 2.28. The summed E-state index contributed by atoms with van der Waals surface area (Å²) in [5, 5.41) is -0.0472. The van der Waals surface area contributed by atoms with Gasteiger partial charge in [-0.1, -0.05) is 23.7 Å². The largest absolute Gasteiger partial charge is 0.298 e. The predicted molar refractivity (Wildman–Crippen MR) is 72.2 cm³/mol. The van der Waals surface area contributed by atoms with Crippen molar-refractivity contribution in [3.63, 3.8) is 0 Å². The molecule has 6 heteroatoms. The van der Waals surface area contributed by atoms with Crippen LogP contribution in [0.25, 0.3) is 0 Å². The van der Waals surface area contributed by atoms with Crippen LogP contribution >= 0.6 is 11.6 Å². The number of fused-ring (bicyclic) bond motifs is 1. The van der Waals surface area contributed by atoms with Crippen LogP contribution < -0.4 is 4.90 Å². The highest BCUT2D eigenvalue weighted by atomic mass is 35.5. The van der Waals surface area contributed by atoms with E-state index in [1.165, 1.54) is 12.1 Å². The van der Waals surface area contributed by atoms with Gasteiger partial charge >= 0.3 is 0 Å². The van der Waals surface area contributed by atoms with Gasteiger partial charge in [0.1, 0.15) is 11.0 Å². The van der Waals surface area contributed by atoms with E-state index in [9.17, 15) is 14.4 Å². The van der Waals surface area contributed by atoms with E-state index < -0.39 is 11.8 Å². The van der Waals surface area contributed by atoms with E-state index in [0.717, 1.165) is 4.90 Å². The molecule has 0 atom stereocenters. The highest BCUT2D eigenvalue weighted by Gasteiger charge is 2.37. The average molecular weight is 287 g/mol. The smallest absolute Gasteiger partial charge is 0.267 e. The standard InChI is InChI=1S/C14H7ClN2O3/c15-12-8(7-18)5-6-11(16-12)17-13(19)9-3-1-2-4-10(9)14(17)20/h1-7H. The summed E-state index contributed by atoms with van der Waals surface area (Å²) in [7, 11) is 0. The van der Waals surface area contributed by atoms with Gasteiger partial charge in [0.2, 0.25) is 0 Å². The normalized spacial score (nSPS) is 13.6. The zero-order valence-electron chi connectivity index (χ0n) is 10.0. The van der Waals surface area contributed by atoms with Crippen LogP contribution in [0.5, 0.6) is 0 Å². The number of halogens is 1. The second-order valence-corrected chi connectivity index (χ2v) is 4.52.